The Labute approximate surface area is 179 Å². The molecule has 1 N–H and O–H groups in total. The number of rotatable bonds is 4. The molecule has 0 spiro atoms. The lowest BCUT2D eigenvalue weighted by atomic mass is 9.79. The van der Waals surface area contributed by atoms with E-state index in [2.05, 4.69) is 5.10 Å². The second-order valence-corrected chi connectivity index (χ2v) is 8.69. The van der Waals surface area contributed by atoms with Gasteiger partial charge in [0.1, 0.15) is 11.5 Å². The number of halogens is 7. The first-order valence-corrected chi connectivity index (χ1v) is 9.38. The standard InChI is InChI=1S/C18H19Cl2F5N2O3/c1-9(30-12-6-5-10(19)7-11(12)20)14(28)27-16(29,15(2,3)4)8-13(26-27)17(21,22)18(23,24)25/h5-7,9,29H,8H2,1-4H3/t9-,16-/m0/s1. The molecule has 0 unspecified atom stereocenters. The van der Waals surface area contributed by atoms with E-state index in [1.165, 1.54) is 45.9 Å². The van der Waals surface area contributed by atoms with Crippen molar-refractivity contribution >= 4 is 34.8 Å². The summed E-state index contributed by atoms with van der Waals surface area (Å²) in [5.41, 5.74) is -5.44. The van der Waals surface area contributed by atoms with Crippen molar-refractivity contribution in [3.63, 3.8) is 0 Å². The third kappa shape index (κ3) is 4.36. The van der Waals surface area contributed by atoms with E-state index in [0.29, 0.717) is 0 Å². The van der Waals surface area contributed by atoms with Crippen molar-refractivity contribution in [1.29, 1.82) is 0 Å². The summed E-state index contributed by atoms with van der Waals surface area (Å²) < 4.78 is 71.6. The highest BCUT2D eigenvalue weighted by Gasteiger charge is 2.66. The Morgan fingerprint density at radius 2 is 1.80 bits per heavy atom. The number of nitrogens with zero attached hydrogens (tertiary/aromatic N) is 2. The summed E-state index contributed by atoms with van der Waals surface area (Å²) in [7, 11) is 0. The maximum absolute atomic E-state index is 13.9. The van der Waals surface area contributed by atoms with E-state index < -0.39 is 47.4 Å². The van der Waals surface area contributed by atoms with Gasteiger partial charge in [0.25, 0.3) is 5.91 Å². The molecule has 0 aliphatic carbocycles. The van der Waals surface area contributed by atoms with Gasteiger partial charge < -0.3 is 9.84 Å². The average molecular weight is 477 g/mol. The lowest BCUT2D eigenvalue weighted by Gasteiger charge is -2.42. The molecule has 2 atom stereocenters. The van der Waals surface area contributed by atoms with Crippen molar-refractivity contribution in [3.8, 4) is 5.75 Å². The summed E-state index contributed by atoms with van der Waals surface area (Å²) in [6.07, 6.45) is -8.56. The van der Waals surface area contributed by atoms with E-state index in [4.69, 9.17) is 27.9 Å². The summed E-state index contributed by atoms with van der Waals surface area (Å²) in [5.74, 6) is -6.44. The van der Waals surface area contributed by atoms with Crippen LogP contribution in [0.25, 0.3) is 0 Å². The Morgan fingerprint density at radius 3 is 2.27 bits per heavy atom. The number of alkyl halides is 5. The topological polar surface area (TPSA) is 62.1 Å². The lowest BCUT2D eigenvalue weighted by Crippen LogP contribution is -2.57. The van der Waals surface area contributed by atoms with Gasteiger partial charge in [-0.3, -0.25) is 4.79 Å². The minimum atomic E-state index is -5.94. The van der Waals surface area contributed by atoms with Gasteiger partial charge in [-0.05, 0) is 25.1 Å². The number of benzene rings is 1. The normalized spacial score (nSPS) is 21.5. The van der Waals surface area contributed by atoms with Gasteiger partial charge in [-0.2, -0.15) is 32.1 Å². The molecule has 0 saturated carbocycles. The summed E-state index contributed by atoms with van der Waals surface area (Å²) in [5, 5.41) is 14.7. The van der Waals surface area contributed by atoms with E-state index in [0.717, 1.165) is 0 Å². The van der Waals surface area contributed by atoms with Crippen molar-refractivity contribution in [3.05, 3.63) is 28.2 Å². The number of hydrogen-bond donors (Lipinski definition) is 1. The van der Waals surface area contributed by atoms with Gasteiger partial charge in [0.2, 0.25) is 0 Å². The molecule has 1 aromatic rings. The van der Waals surface area contributed by atoms with Crippen molar-refractivity contribution in [2.45, 2.75) is 58.0 Å². The molecule has 0 aromatic heterocycles. The minimum absolute atomic E-state index is 0.0187. The molecular formula is C18H19Cl2F5N2O3. The molecule has 1 aliphatic rings. The zero-order valence-corrected chi connectivity index (χ0v) is 17.8. The third-order valence-corrected chi connectivity index (χ3v) is 5.19. The average Bonchev–Trinajstić information content (AvgIpc) is 2.95. The number of carbonyl (C=O) groups excluding carboxylic acids is 1. The molecule has 0 bridgehead atoms. The number of hydrogen-bond acceptors (Lipinski definition) is 4. The van der Waals surface area contributed by atoms with Gasteiger partial charge in [0.05, 0.1) is 5.02 Å². The van der Waals surface area contributed by atoms with E-state index in [9.17, 15) is 31.9 Å². The summed E-state index contributed by atoms with van der Waals surface area (Å²) in [6.45, 7) is 5.34. The molecule has 1 heterocycles. The molecular weight excluding hydrogens is 458 g/mol. The van der Waals surface area contributed by atoms with Crippen LogP contribution in [0.2, 0.25) is 10.0 Å². The van der Waals surface area contributed by atoms with Crippen LogP contribution >= 0.6 is 23.2 Å². The van der Waals surface area contributed by atoms with Crippen LogP contribution < -0.4 is 4.74 Å². The van der Waals surface area contributed by atoms with Crippen molar-refractivity contribution in [2.24, 2.45) is 10.5 Å². The maximum atomic E-state index is 13.9. The number of aliphatic hydroxyl groups is 1. The number of amides is 1. The van der Waals surface area contributed by atoms with Crippen LogP contribution in [0.4, 0.5) is 22.0 Å². The Bertz CT molecular complexity index is 870. The molecule has 5 nitrogen and oxygen atoms in total. The molecule has 0 fully saturated rings. The maximum Gasteiger partial charge on any atom is 0.459 e. The smallest absolute Gasteiger partial charge is 0.459 e. The second-order valence-electron chi connectivity index (χ2n) is 7.85. The zero-order chi connectivity index (χ0) is 23.3. The van der Waals surface area contributed by atoms with E-state index in [1.54, 1.807) is 0 Å². The molecule has 1 aromatic carbocycles. The van der Waals surface area contributed by atoms with E-state index in [-0.39, 0.29) is 20.8 Å². The second kappa shape index (κ2) is 7.80. The largest absolute Gasteiger partial charge is 0.479 e. The lowest BCUT2D eigenvalue weighted by molar-refractivity contribution is -0.250. The van der Waals surface area contributed by atoms with E-state index in [1.807, 2.05) is 0 Å². The van der Waals surface area contributed by atoms with Crippen molar-refractivity contribution in [2.75, 3.05) is 0 Å². The molecule has 2 rings (SSSR count). The first-order chi connectivity index (χ1) is 13.4. The molecule has 1 amide bonds. The Kier molecular flexibility index (Phi) is 6.40. The van der Waals surface area contributed by atoms with Gasteiger partial charge in [-0.1, -0.05) is 44.0 Å². The fraction of sp³-hybridized carbons (Fsp3) is 0.556. The van der Waals surface area contributed by atoms with Gasteiger partial charge in [0, 0.05) is 16.9 Å². The third-order valence-electron chi connectivity index (χ3n) is 4.66. The highest BCUT2D eigenvalue weighted by molar-refractivity contribution is 6.35. The van der Waals surface area contributed by atoms with Crippen LogP contribution in [0.5, 0.6) is 5.75 Å². The minimum Gasteiger partial charge on any atom is -0.479 e. The molecule has 0 saturated heterocycles. The number of hydrazone groups is 1. The summed E-state index contributed by atoms with van der Waals surface area (Å²) in [4.78, 5) is 12.9. The fourth-order valence-electron chi connectivity index (χ4n) is 2.68. The van der Waals surface area contributed by atoms with Crippen LogP contribution in [0, 0.1) is 5.41 Å². The van der Waals surface area contributed by atoms with E-state index >= 15 is 0 Å². The summed E-state index contributed by atoms with van der Waals surface area (Å²) in [6, 6.07) is 4.10. The Morgan fingerprint density at radius 1 is 1.23 bits per heavy atom. The van der Waals surface area contributed by atoms with Crippen LogP contribution in [0.1, 0.15) is 34.1 Å². The molecule has 30 heavy (non-hydrogen) atoms. The molecule has 0 radical (unpaired) electrons. The SMILES string of the molecule is C[C@H](Oc1ccc(Cl)cc1Cl)C(=O)N1N=C(C(F)(F)C(F)(F)F)C[C@]1(O)C(C)(C)C. The first kappa shape index (κ1) is 24.6. The zero-order valence-electron chi connectivity index (χ0n) is 16.3. The molecule has 12 heteroatoms. The Balaban J connectivity index is 2.41. The predicted octanol–water partition coefficient (Wildman–Crippen LogP) is 5.28. The highest BCUT2D eigenvalue weighted by Crippen LogP contribution is 2.47. The van der Waals surface area contributed by atoms with Gasteiger partial charge in [0.15, 0.2) is 11.8 Å². The predicted molar refractivity (Wildman–Crippen MR) is 101 cm³/mol. The quantitative estimate of drug-likeness (QED) is 0.601. The number of carbonyl (C=O) groups is 1. The van der Waals surface area contributed by atoms with Crippen molar-refractivity contribution in [1.82, 2.24) is 5.01 Å². The van der Waals surface area contributed by atoms with Crippen LogP contribution in [-0.4, -0.2) is 45.7 Å². The van der Waals surface area contributed by atoms with Crippen LogP contribution in [0.3, 0.4) is 0 Å². The Hall–Kier alpha value is -1.65. The van der Waals surface area contributed by atoms with Gasteiger partial charge in [-0.25, -0.2) is 0 Å². The number of ether oxygens (including phenoxy) is 1. The highest BCUT2D eigenvalue weighted by atomic mass is 35.5. The first-order valence-electron chi connectivity index (χ1n) is 8.62. The van der Waals surface area contributed by atoms with Crippen LogP contribution in [-0.2, 0) is 4.79 Å². The molecule has 168 valence electrons. The van der Waals surface area contributed by atoms with Crippen LogP contribution in [0.15, 0.2) is 23.3 Å². The van der Waals surface area contributed by atoms with Crippen molar-refractivity contribution < 1.29 is 36.6 Å². The fourth-order valence-corrected chi connectivity index (χ4v) is 3.14. The monoisotopic (exact) mass is 476 g/mol. The van der Waals surface area contributed by atoms with Gasteiger partial charge >= 0.3 is 12.1 Å². The van der Waals surface area contributed by atoms with Gasteiger partial charge in [-0.15, -0.1) is 0 Å². The molecule has 1 aliphatic heterocycles. The summed E-state index contributed by atoms with van der Waals surface area (Å²) >= 11 is 11.7.